The van der Waals surface area contributed by atoms with Crippen LogP contribution in [-0.4, -0.2) is 17.4 Å². The number of carbonyl (C=O) groups excluding carboxylic acids is 1. The van der Waals surface area contributed by atoms with Crippen molar-refractivity contribution in [1.82, 2.24) is 4.98 Å². The summed E-state index contributed by atoms with van der Waals surface area (Å²) >= 11 is 0. The van der Waals surface area contributed by atoms with Gasteiger partial charge in [0.25, 0.3) is 0 Å². The molecule has 0 bridgehead atoms. The molecule has 0 atom stereocenters. The van der Waals surface area contributed by atoms with Crippen molar-refractivity contribution in [1.29, 1.82) is 0 Å². The van der Waals surface area contributed by atoms with Crippen LogP contribution in [-0.2, 0) is 4.79 Å². The molecule has 18 heavy (non-hydrogen) atoms. The van der Waals surface area contributed by atoms with Crippen molar-refractivity contribution in [3.8, 4) is 0 Å². The molecule has 1 N–H and O–H groups in total. The highest BCUT2D eigenvalue weighted by atomic mass is 16.2. The smallest absolute Gasteiger partial charge is 0.244 e. The first kappa shape index (κ1) is 10.8. The van der Waals surface area contributed by atoms with Gasteiger partial charge >= 0.3 is 0 Å². The van der Waals surface area contributed by atoms with Crippen LogP contribution in [0.4, 0.5) is 17.2 Å². The summed E-state index contributed by atoms with van der Waals surface area (Å²) < 4.78 is 0. The number of hydrogen-bond acceptors (Lipinski definition) is 3. The second-order valence-electron chi connectivity index (χ2n) is 4.30. The number of carbonyl (C=O) groups is 1. The SMILES string of the molecule is Cc1ccnc2c1NC(=O)CN2c1ccccc1. The number of pyridine rings is 1. The number of nitrogens with one attached hydrogen (secondary N) is 1. The minimum Gasteiger partial charge on any atom is -0.321 e. The van der Waals surface area contributed by atoms with E-state index in [1.165, 1.54) is 0 Å². The fourth-order valence-corrected chi connectivity index (χ4v) is 2.12. The van der Waals surface area contributed by atoms with Crippen LogP contribution in [0.1, 0.15) is 5.56 Å². The highest BCUT2D eigenvalue weighted by Gasteiger charge is 2.25. The molecule has 4 nitrogen and oxygen atoms in total. The van der Waals surface area contributed by atoms with Gasteiger partial charge in [-0.2, -0.15) is 0 Å². The van der Waals surface area contributed by atoms with Gasteiger partial charge in [0.05, 0.1) is 5.69 Å². The number of para-hydroxylation sites is 1. The van der Waals surface area contributed by atoms with Gasteiger partial charge in [0.2, 0.25) is 5.91 Å². The first-order valence-corrected chi connectivity index (χ1v) is 5.84. The maximum Gasteiger partial charge on any atom is 0.244 e. The Labute approximate surface area is 105 Å². The van der Waals surface area contributed by atoms with Crippen molar-refractivity contribution in [3.05, 3.63) is 48.2 Å². The van der Waals surface area contributed by atoms with Crippen molar-refractivity contribution in [3.63, 3.8) is 0 Å². The molecule has 1 aromatic carbocycles. The van der Waals surface area contributed by atoms with Crippen LogP contribution >= 0.6 is 0 Å². The fourth-order valence-electron chi connectivity index (χ4n) is 2.12. The largest absolute Gasteiger partial charge is 0.321 e. The Balaban J connectivity index is 2.14. The van der Waals surface area contributed by atoms with Crippen LogP contribution in [0.15, 0.2) is 42.6 Å². The molecule has 0 radical (unpaired) electrons. The number of benzene rings is 1. The zero-order chi connectivity index (χ0) is 12.5. The lowest BCUT2D eigenvalue weighted by molar-refractivity contribution is -0.115. The van der Waals surface area contributed by atoms with E-state index in [-0.39, 0.29) is 5.91 Å². The van der Waals surface area contributed by atoms with Crippen LogP contribution < -0.4 is 10.2 Å². The van der Waals surface area contributed by atoms with E-state index in [9.17, 15) is 4.79 Å². The van der Waals surface area contributed by atoms with Gasteiger partial charge in [0, 0.05) is 11.9 Å². The van der Waals surface area contributed by atoms with Crippen LogP contribution in [0.2, 0.25) is 0 Å². The van der Waals surface area contributed by atoms with Gasteiger partial charge in [-0.25, -0.2) is 4.98 Å². The van der Waals surface area contributed by atoms with Crippen molar-refractivity contribution in [2.45, 2.75) is 6.92 Å². The number of rotatable bonds is 1. The molecule has 4 heteroatoms. The van der Waals surface area contributed by atoms with E-state index in [1.807, 2.05) is 48.2 Å². The summed E-state index contributed by atoms with van der Waals surface area (Å²) in [5.74, 6) is 0.795. The van der Waals surface area contributed by atoms with E-state index in [0.29, 0.717) is 6.54 Å². The molecule has 0 saturated heterocycles. The summed E-state index contributed by atoms with van der Waals surface area (Å²) in [5, 5.41) is 2.88. The third-order valence-electron chi connectivity index (χ3n) is 3.03. The Bertz CT molecular complexity index is 595. The van der Waals surface area contributed by atoms with E-state index in [4.69, 9.17) is 0 Å². The summed E-state index contributed by atoms with van der Waals surface area (Å²) in [4.78, 5) is 18.1. The number of fused-ring (bicyclic) bond motifs is 1. The lowest BCUT2D eigenvalue weighted by Crippen LogP contribution is -2.36. The number of nitrogens with zero attached hydrogens (tertiary/aromatic N) is 2. The molecular weight excluding hydrogens is 226 g/mol. The minimum absolute atomic E-state index is 0.0116. The van der Waals surface area contributed by atoms with Gasteiger partial charge in [-0.1, -0.05) is 18.2 Å². The summed E-state index contributed by atoms with van der Waals surface area (Å²) in [6, 6.07) is 11.7. The lowest BCUT2D eigenvalue weighted by atomic mass is 10.1. The molecule has 3 rings (SSSR count). The van der Waals surface area contributed by atoms with Gasteiger partial charge in [0.1, 0.15) is 6.54 Å². The highest BCUT2D eigenvalue weighted by molar-refractivity contribution is 6.03. The molecule has 0 aliphatic carbocycles. The average Bonchev–Trinajstić information content (AvgIpc) is 2.40. The number of anilines is 3. The summed E-state index contributed by atoms with van der Waals surface area (Å²) in [7, 11) is 0. The maximum absolute atomic E-state index is 11.8. The molecule has 0 fully saturated rings. The van der Waals surface area contributed by atoms with Crippen LogP contribution in [0.3, 0.4) is 0 Å². The van der Waals surface area contributed by atoms with Gasteiger partial charge in [0.15, 0.2) is 5.82 Å². The summed E-state index contributed by atoms with van der Waals surface area (Å²) in [6.07, 6.45) is 1.77. The van der Waals surface area contributed by atoms with Crippen molar-refractivity contribution in [2.75, 3.05) is 16.8 Å². The standard InChI is InChI=1S/C14H13N3O/c1-10-7-8-15-14-13(10)16-12(18)9-17(14)11-5-3-2-4-6-11/h2-8H,9H2,1H3,(H,16,18). The molecule has 0 unspecified atom stereocenters. The molecule has 1 aliphatic rings. The van der Waals surface area contributed by atoms with Crippen molar-refractivity contribution < 1.29 is 4.79 Å². The van der Waals surface area contributed by atoms with Gasteiger partial charge in [-0.05, 0) is 30.7 Å². The first-order valence-electron chi connectivity index (χ1n) is 5.84. The lowest BCUT2D eigenvalue weighted by Gasteiger charge is -2.30. The average molecular weight is 239 g/mol. The van der Waals surface area contributed by atoms with Crippen molar-refractivity contribution >= 4 is 23.1 Å². The highest BCUT2D eigenvalue weighted by Crippen LogP contribution is 2.34. The van der Waals surface area contributed by atoms with Crippen LogP contribution in [0, 0.1) is 6.92 Å². The van der Waals surface area contributed by atoms with E-state index in [1.54, 1.807) is 6.20 Å². The molecule has 2 heterocycles. The monoisotopic (exact) mass is 239 g/mol. The summed E-state index contributed by atoms with van der Waals surface area (Å²) in [6.45, 7) is 2.27. The Hall–Kier alpha value is -2.36. The van der Waals surface area contributed by atoms with Crippen molar-refractivity contribution in [2.24, 2.45) is 0 Å². The number of amides is 1. The Morgan fingerprint density at radius 2 is 2.00 bits per heavy atom. The van der Waals surface area contributed by atoms with Gasteiger partial charge in [-0.3, -0.25) is 4.79 Å². The third kappa shape index (κ3) is 1.72. The van der Waals surface area contributed by atoms with Crippen LogP contribution in [0.25, 0.3) is 0 Å². The first-order chi connectivity index (χ1) is 8.75. The Morgan fingerprint density at radius 1 is 1.22 bits per heavy atom. The number of aromatic nitrogens is 1. The molecule has 0 saturated carbocycles. The van der Waals surface area contributed by atoms with Gasteiger partial charge in [-0.15, -0.1) is 0 Å². The number of aryl methyl sites for hydroxylation is 1. The second kappa shape index (κ2) is 4.14. The molecule has 90 valence electrons. The molecule has 0 spiro atoms. The molecule has 1 aliphatic heterocycles. The van der Waals surface area contributed by atoms with E-state index >= 15 is 0 Å². The Morgan fingerprint density at radius 3 is 2.78 bits per heavy atom. The molecule has 1 amide bonds. The van der Waals surface area contributed by atoms with E-state index < -0.39 is 0 Å². The molecular formula is C14H13N3O. The molecule has 1 aromatic heterocycles. The molecule has 2 aromatic rings. The van der Waals surface area contributed by atoms with Crippen LogP contribution in [0.5, 0.6) is 0 Å². The predicted molar refractivity (Wildman–Crippen MR) is 71.1 cm³/mol. The van der Waals surface area contributed by atoms with E-state index in [2.05, 4.69) is 10.3 Å². The quantitative estimate of drug-likeness (QED) is 0.831. The zero-order valence-electron chi connectivity index (χ0n) is 10.1. The number of hydrogen-bond donors (Lipinski definition) is 1. The second-order valence-corrected chi connectivity index (χ2v) is 4.30. The topological polar surface area (TPSA) is 45.2 Å². The summed E-state index contributed by atoms with van der Waals surface area (Å²) in [5.41, 5.74) is 2.80. The minimum atomic E-state index is -0.0116. The zero-order valence-corrected chi connectivity index (χ0v) is 10.1. The van der Waals surface area contributed by atoms with E-state index in [0.717, 1.165) is 22.8 Å². The maximum atomic E-state index is 11.8. The fraction of sp³-hybridized carbons (Fsp3) is 0.143. The van der Waals surface area contributed by atoms with Gasteiger partial charge < -0.3 is 10.2 Å². The Kier molecular flexibility index (Phi) is 2.48. The third-order valence-corrected chi connectivity index (χ3v) is 3.03. The predicted octanol–water partition coefficient (Wildman–Crippen LogP) is 2.48. The normalized spacial score (nSPS) is 14.1.